The Kier molecular flexibility index (Phi) is 5.09. The molecule has 1 saturated carbocycles. The van der Waals surface area contributed by atoms with Gasteiger partial charge in [0.15, 0.2) is 11.9 Å². The number of aromatic nitrogens is 3. The van der Waals surface area contributed by atoms with Gasteiger partial charge < -0.3 is 14.5 Å². The van der Waals surface area contributed by atoms with Crippen molar-refractivity contribution in [1.82, 2.24) is 24.4 Å². The SMILES string of the molecule is CCc1cc(-c2ccc(F)cc2)nn2cc(C(=O)N3CCN4C(=O)C(CC5CC5)OC4C3)nc12. The average molecular weight is 464 g/mol. The van der Waals surface area contributed by atoms with E-state index in [1.165, 1.54) is 25.0 Å². The molecule has 3 aliphatic rings. The first-order valence-corrected chi connectivity index (χ1v) is 11.9. The summed E-state index contributed by atoms with van der Waals surface area (Å²) in [6.07, 6.45) is 4.73. The average Bonchev–Trinajstić information content (AvgIpc) is 3.47. The zero-order valence-corrected chi connectivity index (χ0v) is 19.0. The van der Waals surface area contributed by atoms with Crippen molar-refractivity contribution in [1.29, 1.82) is 0 Å². The highest BCUT2D eigenvalue weighted by Gasteiger charge is 2.46. The lowest BCUT2D eigenvalue weighted by Gasteiger charge is -2.35. The first kappa shape index (κ1) is 21.2. The molecule has 1 aromatic carbocycles. The van der Waals surface area contributed by atoms with Crippen LogP contribution in [0, 0.1) is 11.7 Å². The molecule has 9 heteroatoms. The summed E-state index contributed by atoms with van der Waals surface area (Å²) in [7, 11) is 0. The van der Waals surface area contributed by atoms with Crippen LogP contribution in [0.2, 0.25) is 0 Å². The number of ether oxygens (including phenoxy) is 1. The number of halogens is 1. The van der Waals surface area contributed by atoms with Gasteiger partial charge in [0.25, 0.3) is 11.8 Å². The lowest BCUT2D eigenvalue weighted by atomic mass is 10.1. The van der Waals surface area contributed by atoms with Crippen molar-refractivity contribution in [3.05, 3.63) is 53.6 Å². The molecule has 0 radical (unpaired) electrons. The van der Waals surface area contributed by atoms with E-state index in [9.17, 15) is 14.0 Å². The Bertz CT molecular complexity index is 1270. The third-order valence-corrected chi connectivity index (χ3v) is 6.99. The molecule has 3 fully saturated rings. The molecular formula is C25H26FN5O3. The van der Waals surface area contributed by atoms with Gasteiger partial charge in [-0.2, -0.15) is 5.10 Å². The lowest BCUT2D eigenvalue weighted by molar-refractivity contribution is -0.131. The van der Waals surface area contributed by atoms with Crippen LogP contribution in [0.1, 0.15) is 42.2 Å². The standard InChI is InChI=1S/C25H26FN5O3/c1-2-16-12-19(17-5-7-18(26)8-6-17)28-31-13-20(27-23(16)31)24(32)29-9-10-30-22(14-29)34-21(25(30)33)11-15-3-4-15/h5-8,12-13,15,21-22H,2-4,9-11,14H2,1H3. The fourth-order valence-electron chi connectivity index (χ4n) is 4.88. The van der Waals surface area contributed by atoms with Crippen LogP contribution in [0.5, 0.6) is 0 Å². The van der Waals surface area contributed by atoms with Crippen LogP contribution in [-0.4, -0.2) is 68.2 Å². The minimum Gasteiger partial charge on any atom is -0.343 e. The molecule has 3 aromatic rings. The van der Waals surface area contributed by atoms with Crippen LogP contribution in [0.25, 0.3) is 16.9 Å². The third kappa shape index (κ3) is 3.73. The van der Waals surface area contributed by atoms with Crippen LogP contribution >= 0.6 is 0 Å². The van der Waals surface area contributed by atoms with E-state index in [0.717, 1.165) is 17.5 Å². The molecule has 2 saturated heterocycles. The number of fused-ring (bicyclic) bond motifs is 2. The minimum atomic E-state index is -0.389. The number of carbonyl (C=O) groups is 2. The molecular weight excluding hydrogens is 437 g/mol. The van der Waals surface area contributed by atoms with Crippen molar-refractivity contribution < 1.29 is 18.7 Å². The Balaban J connectivity index is 1.24. The summed E-state index contributed by atoms with van der Waals surface area (Å²) in [5, 5.41) is 4.62. The highest BCUT2D eigenvalue weighted by molar-refractivity contribution is 5.93. The molecule has 1 aliphatic carbocycles. The van der Waals surface area contributed by atoms with Gasteiger partial charge >= 0.3 is 0 Å². The van der Waals surface area contributed by atoms with E-state index in [2.05, 4.69) is 10.1 Å². The largest absolute Gasteiger partial charge is 0.343 e. The van der Waals surface area contributed by atoms with E-state index >= 15 is 0 Å². The van der Waals surface area contributed by atoms with Crippen molar-refractivity contribution in [2.24, 2.45) is 5.92 Å². The Morgan fingerprint density at radius 2 is 2.00 bits per heavy atom. The van der Waals surface area contributed by atoms with Crippen molar-refractivity contribution in [2.75, 3.05) is 19.6 Å². The normalized spacial score (nSPS) is 22.5. The Morgan fingerprint density at radius 3 is 2.74 bits per heavy atom. The highest BCUT2D eigenvalue weighted by atomic mass is 19.1. The van der Waals surface area contributed by atoms with Crippen molar-refractivity contribution in [2.45, 2.75) is 44.9 Å². The number of piperazine rings is 1. The van der Waals surface area contributed by atoms with Gasteiger partial charge in [-0.3, -0.25) is 9.59 Å². The van der Waals surface area contributed by atoms with Crippen molar-refractivity contribution in [3.8, 4) is 11.3 Å². The second kappa shape index (κ2) is 8.16. The number of nitrogens with zero attached hydrogens (tertiary/aromatic N) is 5. The summed E-state index contributed by atoms with van der Waals surface area (Å²) < 4.78 is 21.0. The topological polar surface area (TPSA) is 80.0 Å². The quantitative estimate of drug-likeness (QED) is 0.581. The zero-order valence-electron chi connectivity index (χ0n) is 19.0. The lowest BCUT2D eigenvalue weighted by Crippen LogP contribution is -2.53. The molecule has 34 heavy (non-hydrogen) atoms. The van der Waals surface area contributed by atoms with Gasteiger partial charge in [0, 0.05) is 18.7 Å². The first-order valence-electron chi connectivity index (χ1n) is 11.9. The molecule has 2 atom stereocenters. The van der Waals surface area contributed by atoms with Gasteiger partial charge in [-0.05, 0) is 54.7 Å². The van der Waals surface area contributed by atoms with Crippen molar-refractivity contribution >= 4 is 17.5 Å². The van der Waals surface area contributed by atoms with Gasteiger partial charge in [0.05, 0.1) is 18.4 Å². The van der Waals surface area contributed by atoms with E-state index < -0.39 is 0 Å². The Hall–Kier alpha value is -3.33. The number of aryl methyl sites for hydroxylation is 1. The van der Waals surface area contributed by atoms with E-state index in [0.29, 0.717) is 49.0 Å². The van der Waals surface area contributed by atoms with Crippen LogP contribution in [0.4, 0.5) is 4.39 Å². The summed E-state index contributed by atoms with van der Waals surface area (Å²) in [6, 6.07) is 8.11. The number of hydrogen-bond donors (Lipinski definition) is 0. The van der Waals surface area contributed by atoms with Crippen LogP contribution < -0.4 is 0 Å². The van der Waals surface area contributed by atoms with Gasteiger partial charge in [-0.1, -0.05) is 19.8 Å². The molecule has 0 bridgehead atoms. The summed E-state index contributed by atoms with van der Waals surface area (Å²) in [4.78, 5) is 34.1. The van der Waals surface area contributed by atoms with Crippen LogP contribution in [-0.2, 0) is 16.0 Å². The maximum atomic E-state index is 13.3. The number of hydrogen-bond acceptors (Lipinski definition) is 5. The molecule has 2 unspecified atom stereocenters. The molecule has 0 spiro atoms. The third-order valence-electron chi connectivity index (χ3n) is 6.99. The monoisotopic (exact) mass is 463 g/mol. The molecule has 4 heterocycles. The number of amides is 2. The molecule has 8 nitrogen and oxygen atoms in total. The van der Waals surface area contributed by atoms with Crippen LogP contribution in [0.3, 0.4) is 0 Å². The van der Waals surface area contributed by atoms with E-state index in [1.54, 1.807) is 32.6 Å². The maximum absolute atomic E-state index is 13.3. The van der Waals surface area contributed by atoms with Gasteiger partial charge in [-0.15, -0.1) is 0 Å². The molecule has 176 valence electrons. The predicted molar refractivity (Wildman–Crippen MR) is 121 cm³/mol. The Morgan fingerprint density at radius 1 is 1.21 bits per heavy atom. The highest BCUT2D eigenvalue weighted by Crippen LogP contribution is 2.37. The van der Waals surface area contributed by atoms with Gasteiger partial charge in [0.1, 0.15) is 17.6 Å². The molecule has 2 aromatic heterocycles. The first-order chi connectivity index (χ1) is 16.5. The molecule has 6 rings (SSSR count). The molecule has 0 N–H and O–H groups in total. The number of carbonyl (C=O) groups excluding carboxylic acids is 2. The fourth-order valence-corrected chi connectivity index (χ4v) is 4.88. The zero-order chi connectivity index (χ0) is 23.4. The number of rotatable bonds is 5. The molecule has 2 amide bonds. The second-order valence-electron chi connectivity index (χ2n) is 9.35. The second-order valence-corrected chi connectivity index (χ2v) is 9.35. The Labute approximate surface area is 196 Å². The summed E-state index contributed by atoms with van der Waals surface area (Å²) in [5.74, 6) is 0.160. The van der Waals surface area contributed by atoms with E-state index in [1.807, 2.05) is 13.0 Å². The molecule has 2 aliphatic heterocycles. The van der Waals surface area contributed by atoms with Gasteiger partial charge in [0.2, 0.25) is 0 Å². The van der Waals surface area contributed by atoms with Crippen molar-refractivity contribution in [3.63, 3.8) is 0 Å². The summed E-state index contributed by atoms with van der Waals surface area (Å²) >= 11 is 0. The fraction of sp³-hybridized carbons (Fsp3) is 0.440. The maximum Gasteiger partial charge on any atom is 0.274 e. The number of benzene rings is 1. The van der Waals surface area contributed by atoms with E-state index in [4.69, 9.17) is 4.74 Å². The summed E-state index contributed by atoms with van der Waals surface area (Å²) in [5.41, 5.74) is 3.37. The van der Waals surface area contributed by atoms with Gasteiger partial charge in [-0.25, -0.2) is 13.9 Å². The van der Waals surface area contributed by atoms with E-state index in [-0.39, 0.29) is 30.0 Å². The minimum absolute atomic E-state index is 0.0573. The summed E-state index contributed by atoms with van der Waals surface area (Å²) in [6.45, 7) is 3.28. The number of imidazole rings is 1. The van der Waals surface area contributed by atoms with Crippen LogP contribution in [0.15, 0.2) is 36.5 Å². The predicted octanol–water partition coefficient (Wildman–Crippen LogP) is 2.91. The smallest absolute Gasteiger partial charge is 0.274 e.